The van der Waals surface area contributed by atoms with Crippen molar-refractivity contribution < 1.29 is 9.59 Å². The van der Waals surface area contributed by atoms with Crippen LogP contribution in [0.15, 0.2) is 18.2 Å². The van der Waals surface area contributed by atoms with Gasteiger partial charge in [0.15, 0.2) is 0 Å². The Morgan fingerprint density at radius 3 is 1.92 bits per heavy atom. The summed E-state index contributed by atoms with van der Waals surface area (Å²) in [5, 5.41) is 5.85. The third-order valence-electron chi connectivity index (χ3n) is 4.28. The number of rotatable bonds is 7. The second kappa shape index (κ2) is 8.32. The highest BCUT2D eigenvalue weighted by Gasteiger charge is 2.36. The molecule has 0 heterocycles. The molecule has 0 aromatic heterocycles. The van der Waals surface area contributed by atoms with Gasteiger partial charge < -0.3 is 10.6 Å². The van der Waals surface area contributed by atoms with Crippen molar-refractivity contribution in [2.75, 3.05) is 11.9 Å². The van der Waals surface area contributed by atoms with Gasteiger partial charge in [0, 0.05) is 12.2 Å². The summed E-state index contributed by atoms with van der Waals surface area (Å²) in [5.41, 5.74) is 1.93. The lowest BCUT2D eigenvalue weighted by Gasteiger charge is -2.26. The second-order valence-corrected chi connectivity index (χ2v) is 7.46. The molecular formula is C20H32N2O2. The zero-order valence-corrected chi connectivity index (χ0v) is 16.1. The van der Waals surface area contributed by atoms with Crippen LogP contribution in [0.5, 0.6) is 0 Å². The van der Waals surface area contributed by atoms with Crippen molar-refractivity contribution >= 4 is 17.5 Å². The van der Waals surface area contributed by atoms with E-state index in [0.29, 0.717) is 6.54 Å². The Kier molecular flexibility index (Phi) is 7.00. The summed E-state index contributed by atoms with van der Waals surface area (Å²) in [6.07, 6.45) is 0.844. The van der Waals surface area contributed by atoms with Crippen LogP contribution in [-0.2, 0) is 9.59 Å². The van der Waals surface area contributed by atoms with Gasteiger partial charge in [-0.3, -0.25) is 9.59 Å². The first kappa shape index (κ1) is 20.2. The Bertz CT molecular complexity index is 563. The van der Waals surface area contributed by atoms with Gasteiger partial charge in [-0.2, -0.15) is 0 Å². The Labute approximate surface area is 146 Å². The number of carbonyl (C=O) groups is 2. The molecule has 0 radical (unpaired) electrons. The molecule has 2 N–H and O–H groups in total. The maximum atomic E-state index is 12.8. The van der Waals surface area contributed by atoms with Crippen LogP contribution in [0, 0.1) is 5.41 Å². The SMILES string of the molecule is CCCNC(=O)C(C)(C)C(=O)Nc1c(C(C)C)cccc1C(C)C. The molecule has 0 aliphatic heterocycles. The van der Waals surface area contributed by atoms with Gasteiger partial charge in [-0.05, 0) is 43.2 Å². The average molecular weight is 332 g/mol. The van der Waals surface area contributed by atoms with E-state index in [1.165, 1.54) is 0 Å². The number of hydrogen-bond acceptors (Lipinski definition) is 2. The summed E-state index contributed by atoms with van der Waals surface area (Å²) in [6, 6.07) is 6.10. The zero-order chi connectivity index (χ0) is 18.5. The summed E-state index contributed by atoms with van der Waals surface area (Å²) >= 11 is 0. The van der Waals surface area contributed by atoms with Crippen LogP contribution in [0.1, 0.15) is 77.8 Å². The summed E-state index contributed by atoms with van der Waals surface area (Å²) in [6.45, 7) is 14.3. The molecule has 1 aromatic rings. The predicted octanol–water partition coefficient (Wildman–Crippen LogP) is 4.42. The quantitative estimate of drug-likeness (QED) is 0.726. The first-order valence-corrected chi connectivity index (χ1v) is 8.85. The molecule has 1 rings (SSSR count). The molecule has 0 aliphatic rings. The normalized spacial score (nSPS) is 11.7. The summed E-state index contributed by atoms with van der Waals surface area (Å²) in [4.78, 5) is 25.1. The van der Waals surface area contributed by atoms with Crippen LogP contribution in [0.25, 0.3) is 0 Å². The number of benzene rings is 1. The smallest absolute Gasteiger partial charge is 0.239 e. The first-order valence-electron chi connectivity index (χ1n) is 8.85. The fourth-order valence-electron chi connectivity index (χ4n) is 2.53. The molecule has 0 atom stereocenters. The number of anilines is 1. The molecule has 134 valence electrons. The van der Waals surface area contributed by atoms with Crippen molar-refractivity contribution in [3.05, 3.63) is 29.3 Å². The molecule has 4 heteroatoms. The van der Waals surface area contributed by atoms with Gasteiger partial charge in [-0.25, -0.2) is 0 Å². The van der Waals surface area contributed by atoms with Crippen LogP contribution in [0.3, 0.4) is 0 Å². The van der Waals surface area contributed by atoms with Crippen molar-refractivity contribution in [1.82, 2.24) is 5.32 Å². The van der Waals surface area contributed by atoms with Crippen molar-refractivity contribution in [3.63, 3.8) is 0 Å². The Hall–Kier alpha value is -1.84. The van der Waals surface area contributed by atoms with Crippen LogP contribution >= 0.6 is 0 Å². The number of hydrogen-bond donors (Lipinski definition) is 2. The van der Waals surface area contributed by atoms with E-state index >= 15 is 0 Å². The number of para-hydroxylation sites is 1. The molecule has 0 spiro atoms. The van der Waals surface area contributed by atoms with Gasteiger partial charge in [-0.1, -0.05) is 52.8 Å². The van der Waals surface area contributed by atoms with Crippen molar-refractivity contribution in [2.45, 2.75) is 66.7 Å². The zero-order valence-electron chi connectivity index (χ0n) is 16.1. The lowest BCUT2D eigenvalue weighted by molar-refractivity contribution is -0.138. The largest absolute Gasteiger partial charge is 0.355 e. The molecule has 2 amide bonds. The molecule has 1 aromatic carbocycles. The fourth-order valence-corrected chi connectivity index (χ4v) is 2.53. The average Bonchev–Trinajstić information content (AvgIpc) is 2.51. The first-order chi connectivity index (χ1) is 11.1. The molecule has 0 fully saturated rings. The third-order valence-corrected chi connectivity index (χ3v) is 4.28. The number of nitrogens with one attached hydrogen (secondary N) is 2. The number of amides is 2. The monoisotopic (exact) mass is 332 g/mol. The molecule has 0 bridgehead atoms. The van der Waals surface area contributed by atoms with Crippen molar-refractivity contribution in [1.29, 1.82) is 0 Å². The molecule has 0 saturated heterocycles. The maximum absolute atomic E-state index is 12.8. The van der Waals surface area contributed by atoms with Gasteiger partial charge >= 0.3 is 0 Å². The van der Waals surface area contributed by atoms with E-state index in [1.54, 1.807) is 13.8 Å². The number of carbonyl (C=O) groups excluding carboxylic acids is 2. The van der Waals surface area contributed by atoms with Crippen LogP contribution < -0.4 is 10.6 Å². The lowest BCUT2D eigenvalue weighted by Crippen LogP contribution is -2.45. The summed E-state index contributed by atoms with van der Waals surface area (Å²) in [7, 11) is 0. The standard InChI is InChI=1S/C20H32N2O2/c1-8-12-21-18(23)20(6,7)19(24)22-17-15(13(2)3)10-9-11-16(17)14(4)5/h9-11,13-14H,8,12H2,1-7H3,(H,21,23)(H,22,24). The molecule has 0 aliphatic carbocycles. The van der Waals surface area contributed by atoms with Crippen molar-refractivity contribution in [2.24, 2.45) is 5.41 Å². The molecule has 0 saturated carbocycles. The van der Waals surface area contributed by atoms with Crippen LogP contribution in [-0.4, -0.2) is 18.4 Å². The minimum Gasteiger partial charge on any atom is -0.355 e. The van der Waals surface area contributed by atoms with E-state index in [4.69, 9.17) is 0 Å². The van der Waals surface area contributed by atoms with Gasteiger partial charge in [0.1, 0.15) is 5.41 Å². The van der Waals surface area contributed by atoms with E-state index in [2.05, 4.69) is 38.3 Å². The van der Waals surface area contributed by atoms with E-state index in [1.807, 2.05) is 25.1 Å². The van der Waals surface area contributed by atoms with E-state index < -0.39 is 5.41 Å². The Morgan fingerprint density at radius 2 is 1.50 bits per heavy atom. The summed E-state index contributed by atoms with van der Waals surface area (Å²) < 4.78 is 0. The van der Waals surface area contributed by atoms with Gasteiger partial charge in [-0.15, -0.1) is 0 Å². The molecule has 24 heavy (non-hydrogen) atoms. The van der Waals surface area contributed by atoms with Gasteiger partial charge in [0.2, 0.25) is 11.8 Å². The maximum Gasteiger partial charge on any atom is 0.239 e. The van der Waals surface area contributed by atoms with E-state index in [0.717, 1.165) is 23.2 Å². The predicted molar refractivity (Wildman–Crippen MR) is 100 cm³/mol. The highest BCUT2D eigenvalue weighted by atomic mass is 16.2. The Morgan fingerprint density at radius 1 is 1.00 bits per heavy atom. The molecule has 4 nitrogen and oxygen atoms in total. The fraction of sp³-hybridized carbons (Fsp3) is 0.600. The van der Waals surface area contributed by atoms with Crippen LogP contribution in [0.4, 0.5) is 5.69 Å². The van der Waals surface area contributed by atoms with Crippen LogP contribution in [0.2, 0.25) is 0 Å². The van der Waals surface area contributed by atoms with E-state index in [-0.39, 0.29) is 23.7 Å². The minimum atomic E-state index is -1.12. The minimum absolute atomic E-state index is 0.241. The molecule has 0 unspecified atom stereocenters. The lowest BCUT2D eigenvalue weighted by atomic mass is 9.88. The van der Waals surface area contributed by atoms with Gasteiger partial charge in [0.25, 0.3) is 0 Å². The summed E-state index contributed by atoms with van der Waals surface area (Å²) in [5.74, 6) is 0.0631. The highest BCUT2D eigenvalue weighted by molar-refractivity contribution is 6.10. The highest BCUT2D eigenvalue weighted by Crippen LogP contribution is 2.33. The molecular weight excluding hydrogens is 300 g/mol. The topological polar surface area (TPSA) is 58.2 Å². The van der Waals surface area contributed by atoms with E-state index in [9.17, 15) is 9.59 Å². The van der Waals surface area contributed by atoms with Gasteiger partial charge in [0.05, 0.1) is 0 Å². The van der Waals surface area contributed by atoms with Crippen molar-refractivity contribution in [3.8, 4) is 0 Å². The Balaban J connectivity index is 3.15. The third kappa shape index (κ3) is 4.59. The second-order valence-electron chi connectivity index (χ2n) is 7.46.